The molecule has 1 aromatic rings. The van der Waals surface area contributed by atoms with E-state index in [1.54, 1.807) is 19.1 Å². The topological polar surface area (TPSA) is 91.0 Å². The second-order valence-electron chi connectivity index (χ2n) is 3.89. The van der Waals surface area contributed by atoms with Gasteiger partial charge >= 0.3 is 5.97 Å². The summed E-state index contributed by atoms with van der Waals surface area (Å²) in [4.78, 5) is 11.4. The lowest BCUT2D eigenvalue weighted by molar-refractivity contribution is -0.143. The van der Waals surface area contributed by atoms with E-state index in [1.165, 1.54) is 14.2 Å². The van der Waals surface area contributed by atoms with E-state index in [9.17, 15) is 9.90 Å². The van der Waals surface area contributed by atoms with E-state index < -0.39 is 6.04 Å². The molecule has 6 nitrogen and oxygen atoms in total. The van der Waals surface area contributed by atoms with Gasteiger partial charge in [-0.05, 0) is 24.6 Å². The maximum Gasteiger partial charge on any atom is 0.307 e. The Labute approximate surface area is 112 Å². The standard InChI is InChI=1S/C13H19NO5/c1-4-19-12(15)7-9(14)8-5-10(17-2)13(16)11(6-8)18-3/h5-6,9,16H,4,7,14H2,1-3H3/t9-/m1/s1. The molecule has 0 aliphatic rings. The molecular formula is C13H19NO5. The molecule has 0 saturated carbocycles. The Morgan fingerprint density at radius 1 is 1.32 bits per heavy atom. The minimum atomic E-state index is -0.553. The summed E-state index contributed by atoms with van der Waals surface area (Å²) in [5.74, 6) is 0.0143. The van der Waals surface area contributed by atoms with Gasteiger partial charge in [0.05, 0.1) is 27.2 Å². The highest BCUT2D eigenvalue weighted by Gasteiger charge is 2.18. The fraction of sp³-hybridized carbons (Fsp3) is 0.462. The van der Waals surface area contributed by atoms with E-state index in [-0.39, 0.29) is 29.6 Å². The monoisotopic (exact) mass is 269 g/mol. The second-order valence-corrected chi connectivity index (χ2v) is 3.89. The summed E-state index contributed by atoms with van der Waals surface area (Å²) < 4.78 is 14.9. The summed E-state index contributed by atoms with van der Waals surface area (Å²) in [5.41, 5.74) is 6.55. The van der Waals surface area contributed by atoms with Gasteiger partial charge in [0.15, 0.2) is 11.5 Å². The maximum atomic E-state index is 11.4. The van der Waals surface area contributed by atoms with Crippen LogP contribution in [0.25, 0.3) is 0 Å². The SMILES string of the molecule is CCOC(=O)C[C@@H](N)c1cc(OC)c(O)c(OC)c1. The molecule has 0 amide bonds. The predicted octanol–water partition coefficient (Wildman–Crippen LogP) is 1.36. The van der Waals surface area contributed by atoms with Crippen LogP contribution in [0, 0.1) is 0 Å². The normalized spacial score (nSPS) is 11.8. The maximum absolute atomic E-state index is 11.4. The zero-order valence-corrected chi connectivity index (χ0v) is 11.3. The lowest BCUT2D eigenvalue weighted by atomic mass is 10.0. The molecule has 0 aromatic heterocycles. The number of carbonyl (C=O) groups is 1. The minimum absolute atomic E-state index is 0.0466. The third kappa shape index (κ3) is 3.75. The Balaban J connectivity index is 2.96. The number of hydrogen-bond acceptors (Lipinski definition) is 6. The molecule has 0 saturated heterocycles. The predicted molar refractivity (Wildman–Crippen MR) is 69.4 cm³/mol. The van der Waals surface area contributed by atoms with Gasteiger partial charge in [-0.2, -0.15) is 0 Å². The number of phenolic OH excluding ortho intramolecular Hbond substituents is 1. The third-order valence-electron chi connectivity index (χ3n) is 2.62. The molecule has 0 aliphatic heterocycles. The van der Waals surface area contributed by atoms with Crippen LogP contribution in [0.5, 0.6) is 17.2 Å². The van der Waals surface area contributed by atoms with Gasteiger partial charge in [0.1, 0.15) is 0 Å². The molecule has 0 aliphatic carbocycles. The van der Waals surface area contributed by atoms with Gasteiger partial charge < -0.3 is 25.1 Å². The summed E-state index contributed by atoms with van der Waals surface area (Å²) in [6.07, 6.45) is 0.0466. The van der Waals surface area contributed by atoms with Crippen LogP contribution in [0.4, 0.5) is 0 Å². The molecule has 3 N–H and O–H groups in total. The zero-order chi connectivity index (χ0) is 14.4. The first-order chi connectivity index (χ1) is 9.03. The number of methoxy groups -OCH3 is 2. The van der Waals surface area contributed by atoms with Crippen molar-refractivity contribution in [2.45, 2.75) is 19.4 Å². The molecule has 0 heterocycles. The first kappa shape index (κ1) is 15.1. The Hall–Kier alpha value is -1.95. The summed E-state index contributed by atoms with van der Waals surface area (Å²) in [7, 11) is 2.85. The molecule has 1 rings (SSSR count). The van der Waals surface area contributed by atoms with Gasteiger partial charge in [0.25, 0.3) is 0 Å². The number of esters is 1. The quantitative estimate of drug-likeness (QED) is 0.758. The van der Waals surface area contributed by atoms with Crippen LogP contribution in [-0.4, -0.2) is 31.9 Å². The van der Waals surface area contributed by atoms with Crippen molar-refractivity contribution >= 4 is 5.97 Å². The van der Waals surface area contributed by atoms with E-state index in [4.69, 9.17) is 19.9 Å². The average molecular weight is 269 g/mol. The van der Waals surface area contributed by atoms with Crippen molar-refractivity contribution in [3.8, 4) is 17.2 Å². The minimum Gasteiger partial charge on any atom is -0.502 e. The molecule has 0 bridgehead atoms. The van der Waals surface area contributed by atoms with Gasteiger partial charge in [0.2, 0.25) is 5.75 Å². The van der Waals surface area contributed by atoms with Gasteiger partial charge in [0, 0.05) is 6.04 Å². The van der Waals surface area contributed by atoms with Crippen LogP contribution in [-0.2, 0) is 9.53 Å². The van der Waals surface area contributed by atoms with Crippen LogP contribution in [0.1, 0.15) is 24.9 Å². The lowest BCUT2D eigenvalue weighted by Crippen LogP contribution is -2.17. The number of phenols is 1. The second kappa shape index (κ2) is 6.84. The van der Waals surface area contributed by atoms with E-state index in [0.717, 1.165) is 0 Å². The molecule has 0 radical (unpaired) electrons. The molecule has 1 aromatic carbocycles. The number of ether oxygens (including phenoxy) is 3. The van der Waals surface area contributed by atoms with Crippen LogP contribution in [0.3, 0.4) is 0 Å². The zero-order valence-electron chi connectivity index (χ0n) is 11.3. The van der Waals surface area contributed by atoms with Crippen LogP contribution in [0.15, 0.2) is 12.1 Å². The Morgan fingerprint density at radius 3 is 2.26 bits per heavy atom. The number of nitrogens with two attached hydrogens (primary N) is 1. The Bertz CT molecular complexity index is 422. The molecule has 19 heavy (non-hydrogen) atoms. The average Bonchev–Trinajstić information content (AvgIpc) is 2.39. The Kier molecular flexibility index (Phi) is 5.44. The van der Waals surface area contributed by atoms with Gasteiger partial charge in [-0.25, -0.2) is 0 Å². The summed E-state index contributed by atoms with van der Waals surface area (Å²) in [6.45, 7) is 2.05. The van der Waals surface area contributed by atoms with Crippen molar-refractivity contribution in [2.24, 2.45) is 5.73 Å². The number of carbonyl (C=O) groups excluding carboxylic acids is 1. The third-order valence-corrected chi connectivity index (χ3v) is 2.62. The van der Waals surface area contributed by atoms with Crippen molar-refractivity contribution < 1.29 is 24.1 Å². The first-order valence-electron chi connectivity index (χ1n) is 5.89. The molecule has 6 heteroatoms. The van der Waals surface area contributed by atoms with Gasteiger partial charge in [-0.3, -0.25) is 4.79 Å². The van der Waals surface area contributed by atoms with Crippen LogP contribution < -0.4 is 15.2 Å². The number of hydrogen-bond donors (Lipinski definition) is 2. The highest BCUT2D eigenvalue weighted by molar-refractivity contribution is 5.70. The van der Waals surface area contributed by atoms with Crippen LogP contribution in [0.2, 0.25) is 0 Å². The van der Waals surface area contributed by atoms with Crippen molar-refractivity contribution in [3.05, 3.63) is 17.7 Å². The van der Waals surface area contributed by atoms with E-state index in [0.29, 0.717) is 12.2 Å². The van der Waals surface area contributed by atoms with Crippen molar-refractivity contribution in [2.75, 3.05) is 20.8 Å². The molecular weight excluding hydrogens is 250 g/mol. The van der Waals surface area contributed by atoms with Crippen molar-refractivity contribution in [1.29, 1.82) is 0 Å². The largest absolute Gasteiger partial charge is 0.502 e. The molecule has 1 atom stereocenters. The van der Waals surface area contributed by atoms with Gasteiger partial charge in [-0.1, -0.05) is 0 Å². The summed E-state index contributed by atoms with van der Waals surface area (Å²) >= 11 is 0. The fourth-order valence-electron chi connectivity index (χ4n) is 1.65. The summed E-state index contributed by atoms with van der Waals surface area (Å²) in [5, 5.41) is 9.78. The number of rotatable bonds is 6. The van der Waals surface area contributed by atoms with Gasteiger partial charge in [-0.15, -0.1) is 0 Å². The van der Waals surface area contributed by atoms with Crippen molar-refractivity contribution in [3.63, 3.8) is 0 Å². The first-order valence-corrected chi connectivity index (χ1v) is 5.89. The number of aromatic hydroxyl groups is 1. The highest BCUT2D eigenvalue weighted by Crippen LogP contribution is 2.38. The highest BCUT2D eigenvalue weighted by atomic mass is 16.5. The molecule has 106 valence electrons. The van der Waals surface area contributed by atoms with Crippen molar-refractivity contribution in [1.82, 2.24) is 0 Å². The Morgan fingerprint density at radius 2 is 1.84 bits per heavy atom. The number of benzene rings is 1. The lowest BCUT2D eigenvalue weighted by Gasteiger charge is -2.15. The summed E-state index contributed by atoms with van der Waals surface area (Å²) in [6, 6.07) is 2.59. The molecule has 0 spiro atoms. The van der Waals surface area contributed by atoms with Crippen LogP contribution >= 0.6 is 0 Å². The fourth-order valence-corrected chi connectivity index (χ4v) is 1.65. The smallest absolute Gasteiger partial charge is 0.307 e. The van der Waals surface area contributed by atoms with E-state index in [1.807, 2.05) is 0 Å². The molecule has 0 fully saturated rings. The van der Waals surface area contributed by atoms with E-state index >= 15 is 0 Å². The molecule has 0 unspecified atom stereocenters. The van der Waals surface area contributed by atoms with E-state index in [2.05, 4.69) is 0 Å².